The maximum absolute atomic E-state index is 5.90. The Morgan fingerprint density at radius 1 is 1.24 bits per heavy atom. The van der Waals surface area contributed by atoms with Gasteiger partial charge in [-0.15, -0.1) is 0 Å². The van der Waals surface area contributed by atoms with Crippen molar-refractivity contribution < 1.29 is 0 Å². The fourth-order valence-electron chi connectivity index (χ4n) is 2.62. The molecule has 1 saturated heterocycles. The smallest absolute Gasteiger partial charge is 0.231 e. The van der Waals surface area contributed by atoms with Gasteiger partial charge in [0.05, 0.1) is 0 Å². The molecule has 0 spiro atoms. The Morgan fingerprint density at radius 2 is 1.95 bits per heavy atom. The van der Waals surface area contributed by atoms with Crippen molar-refractivity contribution in [2.24, 2.45) is 0 Å². The number of nitrogen functional groups attached to an aromatic ring is 1. The number of hydrogen-bond donors (Lipinski definition) is 1. The summed E-state index contributed by atoms with van der Waals surface area (Å²) < 4.78 is 0. The highest BCUT2D eigenvalue weighted by Gasteiger charge is 2.20. The molecule has 0 radical (unpaired) electrons. The van der Waals surface area contributed by atoms with E-state index in [0.29, 0.717) is 17.9 Å². The number of rotatable bonds is 6. The lowest BCUT2D eigenvalue weighted by molar-refractivity contribution is 0.566. The maximum atomic E-state index is 5.90. The summed E-state index contributed by atoms with van der Waals surface area (Å²) in [7, 11) is 2.04. The molecule has 1 aromatic rings. The van der Waals surface area contributed by atoms with Gasteiger partial charge in [0, 0.05) is 31.9 Å². The molecule has 1 unspecified atom stereocenters. The summed E-state index contributed by atoms with van der Waals surface area (Å²) in [6.07, 6.45) is 6.86. The van der Waals surface area contributed by atoms with Crippen molar-refractivity contribution in [3.8, 4) is 0 Å². The first kappa shape index (κ1) is 16.1. The Morgan fingerprint density at radius 3 is 2.57 bits per heavy atom. The first-order chi connectivity index (χ1) is 10.2. The van der Waals surface area contributed by atoms with Gasteiger partial charge in [-0.25, -0.2) is 0 Å². The lowest BCUT2D eigenvalue weighted by Crippen LogP contribution is -2.36. The van der Waals surface area contributed by atoms with Crippen LogP contribution in [0, 0.1) is 0 Å². The molecule has 2 heterocycles. The van der Waals surface area contributed by atoms with Gasteiger partial charge >= 0.3 is 0 Å². The van der Waals surface area contributed by atoms with Crippen molar-refractivity contribution in [1.29, 1.82) is 0 Å². The molecule has 0 saturated carbocycles. The molecule has 21 heavy (non-hydrogen) atoms. The third kappa shape index (κ3) is 4.12. The van der Waals surface area contributed by atoms with Crippen LogP contribution in [0.15, 0.2) is 0 Å². The van der Waals surface area contributed by atoms with Crippen LogP contribution in [0.5, 0.6) is 0 Å². The van der Waals surface area contributed by atoms with E-state index in [1.165, 1.54) is 19.3 Å². The van der Waals surface area contributed by atoms with E-state index in [4.69, 9.17) is 5.73 Å². The van der Waals surface area contributed by atoms with Crippen LogP contribution >= 0.6 is 11.8 Å². The summed E-state index contributed by atoms with van der Waals surface area (Å²) in [6.45, 7) is 4.21. The van der Waals surface area contributed by atoms with Crippen molar-refractivity contribution in [3.05, 3.63) is 0 Å². The van der Waals surface area contributed by atoms with E-state index in [9.17, 15) is 0 Å². The van der Waals surface area contributed by atoms with E-state index in [1.54, 1.807) is 0 Å². The van der Waals surface area contributed by atoms with Crippen LogP contribution < -0.4 is 15.5 Å². The van der Waals surface area contributed by atoms with Crippen LogP contribution in [0.4, 0.5) is 17.8 Å². The first-order valence-corrected chi connectivity index (χ1v) is 9.03. The highest BCUT2D eigenvalue weighted by Crippen LogP contribution is 2.21. The van der Waals surface area contributed by atoms with E-state index >= 15 is 0 Å². The minimum atomic E-state index is 0.312. The molecule has 6 nitrogen and oxygen atoms in total. The SMILES string of the molecule is CCC(CSC)N(C)c1nc(N)nc(N2CCCCC2)n1. The van der Waals surface area contributed by atoms with E-state index in [0.717, 1.165) is 31.2 Å². The second-order valence-electron chi connectivity index (χ2n) is 5.47. The zero-order valence-electron chi connectivity index (χ0n) is 13.2. The number of hydrogen-bond acceptors (Lipinski definition) is 7. The quantitative estimate of drug-likeness (QED) is 0.862. The van der Waals surface area contributed by atoms with Gasteiger partial charge < -0.3 is 15.5 Å². The second kappa shape index (κ2) is 7.68. The molecule has 2 N–H and O–H groups in total. The van der Waals surface area contributed by atoms with Gasteiger partial charge in [0.2, 0.25) is 17.8 Å². The number of nitrogens with two attached hydrogens (primary N) is 1. The molecule has 1 aliphatic rings. The number of thioether (sulfide) groups is 1. The summed E-state index contributed by atoms with van der Waals surface area (Å²) in [5.74, 6) is 2.77. The molecular weight excluding hydrogens is 284 g/mol. The van der Waals surface area contributed by atoms with Gasteiger partial charge in [-0.3, -0.25) is 0 Å². The lowest BCUT2D eigenvalue weighted by Gasteiger charge is -2.30. The monoisotopic (exact) mass is 310 g/mol. The average Bonchev–Trinajstić information content (AvgIpc) is 2.52. The zero-order chi connectivity index (χ0) is 15.2. The summed E-state index contributed by atoms with van der Waals surface area (Å²) in [4.78, 5) is 17.6. The van der Waals surface area contributed by atoms with E-state index in [2.05, 4.69) is 37.9 Å². The summed E-state index contributed by atoms with van der Waals surface area (Å²) >= 11 is 1.84. The largest absolute Gasteiger partial charge is 0.368 e. The average molecular weight is 310 g/mol. The van der Waals surface area contributed by atoms with Gasteiger partial charge in [0.25, 0.3) is 0 Å². The van der Waals surface area contributed by atoms with E-state index < -0.39 is 0 Å². The summed E-state index contributed by atoms with van der Waals surface area (Å²) in [5.41, 5.74) is 5.90. The number of nitrogens with zero attached hydrogens (tertiary/aromatic N) is 5. The third-order valence-electron chi connectivity index (χ3n) is 3.96. The van der Waals surface area contributed by atoms with Crippen molar-refractivity contribution in [2.45, 2.75) is 38.6 Å². The number of piperidine rings is 1. The molecule has 1 fully saturated rings. The Bertz CT molecular complexity index is 449. The van der Waals surface area contributed by atoms with Crippen molar-refractivity contribution >= 4 is 29.6 Å². The molecule has 1 aromatic heterocycles. The molecule has 0 aliphatic carbocycles. The molecule has 2 rings (SSSR count). The molecule has 7 heteroatoms. The standard InChI is InChI=1S/C14H26N6S/c1-4-11(10-21-3)19(2)13-16-12(15)17-14(18-13)20-8-6-5-7-9-20/h11H,4-10H2,1-3H3,(H2,15,16,17,18). The third-order valence-corrected chi connectivity index (χ3v) is 4.68. The minimum absolute atomic E-state index is 0.312. The van der Waals surface area contributed by atoms with Crippen molar-refractivity contribution in [2.75, 3.05) is 47.7 Å². The Labute approximate surface area is 131 Å². The van der Waals surface area contributed by atoms with Crippen LogP contribution in [-0.4, -0.2) is 53.1 Å². The van der Waals surface area contributed by atoms with E-state index in [1.807, 2.05) is 18.8 Å². The zero-order valence-corrected chi connectivity index (χ0v) is 14.1. The number of anilines is 3. The first-order valence-electron chi connectivity index (χ1n) is 7.64. The molecule has 1 aliphatic heterocycles. The molecule has 118 valence electrons. The fourth-order valence-corrected chi connectivity index (χ4v) is 3.47. The highest BCUT2D eigenvalue weighted by molar-refractivity contribution is 7.98. The predicted octanol–water partition coefficient (Wildman–Crippen LogP) is 2.02. The molecule has 0 amide bonds. The lowest BCUT2D eigenvalue weighted by atomic mass is 10.1. The van der Waals surface area contributed by atoms with E-state index in [-0.39, 0.29) is 0 Å². The van der Waals surface area contributed by atoms with Crippen LogP contribution in [-0.2, 0) is 0 Å². The van der Waals surface area contributed by atoms with Crippen molar-refractivity contribution in [1.82, 2.24) is 15.0 Å². The number of aromatic nitrogens is 3. The maximum Gasteiger partial charge on any atom is 0.231 e. The van der Waals surface area contributed by atoms with Crippen LogP contribution in [0.3, 0.4) is 0 Å². The molecular formula is C14H26N6S. The normalized spacial score (nSPS) is 16.8. The molecule has 0 bridgehead atoms. The van der Waals surface area contributed by atoms with Gasteiger partial charge in [-0.1, -0.05) is 6.92 Å². The Hall–Kier alpha value is -1.24. The van der Waals surface area contributed by atoms with Crippen molar-refractivity contribution in [3.63, 3.8) is 0 Å². The summed E-state index contributed by atoms with van der Waals surface area (Å²) in [5, 5.41) is 0. The van der Waals surface area contributed by atoms with Gasteiger partial charge in [-0.2, -0.15) is 26.7 Å². The fraction of sp³-hybridized carbons (Fsp3) is 0.786. The topological polar surface area (TPSA) is 71.2 Å². The van der Waals surface area contributed by atoms with Gasteiger partial charge in [0.15, 0.2) is 0 Å². The van der Waals surface area contributed by atoms with Crippen LogP contribution in [0.2, 0.25) is 0 Å². The minimum Gasteiger partial charge on any atom is -0.368 e. The van der Waals surface area contributed by atoms with Crippen LogP contribution in [0.1, 0.15) is 32.6 Å². The van der Waals surface area contributed by atoms with Gasteiger partial charge in [-0.05, 0) is 31.9 Å². The summed E-state index contributed by atoms with van der Waals surface area (Å²) in [6, 6.07) is 0.413. The Balaban J connectivity index is 2.20. The highest BCUT2D eigenvalue weighted by atomic mass is 32.2. The molecule has 1 atom stereocenters. The van der Waals surface area contributed by atoms with Gasteiger partial charge in [0.1, 0.15) is 0 Å². The van der Waals surface area contributed by atoms with Crippen LogP contribution in [0.25, 0.3) is 0 Å². The predicted molar refractivity (Wildman–Crippen MR) is 91.2 cm³/mol. The molecule has 0 aromatic carbocycles. The second-order valence-corrected chi connectivity index (χ2v) is 6.38. The Kier molecular flexibility index (Phi) is 5.90.